The first-order chi connectivity index (χ1) is 24.0. The van der Waals surface area contributed by atoms with Crippen molar-refractivity contribution in [1.82, 2.24) is 0 Å². The second-order valence-electron chi connectivity index (χ2n) is 13.4. The van der Waals surface area contributed by atoms with Gasteiger partial charge in [0.25, 0.3) is 0 Å². The summed E-state index contributed by atoms with van der Waals surface area (Å²) < 4.78 is 56.3. The van der Waals surface area contributed by atoms with Crippen molar-refractivity contribution in [1.29, 1.82) is 0 Å². The van der Waals surface area contributed by atoms with E-state index in [1.807, 2.05) is 28.9 Å². The zero-order valence-electron chi connectivity index (χ0n) is 27.5. The first-order valence-electron chi connectivity index (χ1n) is 16.9. The largest absolute Gasteiger partial charge is 0.504 e. The molecule has 50 heavy (non-hydrogen) atoms. The average Bonchev–Trinajstić information content (AvgIpc) is 3.81. The number of aliphatic hydroxyl groups is 2. The summed E-state index contributed by atoms with van der Waals surface area (Å²) in [6.07, 6.45) is 2.41. The van der Waals surface area contributed by atoms with Crippen LogP contribution in [0.1, 0.15) is 53.5 Å². The first kappa shape index (κ1) is 33.6. The zero-order valence-corrected chi connectivity index (χ0v) is 27.5. The number of benzene rings is 5. The van der Waals surface area contributed by atoms with E-state index in [1.54, 1.807) is 0 Å². The van der Waals surface area contributed by atoms with Crippen LogP contribution in [0.2, 0.25) is 0 Å². The van der Waals surface area contributed by atoms with E-state index < -0.39 is 46.6 Å². The molecule has 2 saturated heterocycles. The summed E-state index contributed by atoms with van der Waals surface area (Å²) in [6, 6.07) is 24.9. The molecule has 5 aromatic rings. The lowest BCUT2D eigenvalue weighted by molar-refractivity contribution is 0.0526. The quantitative estimate of drug-likeness (QED) is 0.145. The Morgan fingerprint density at radius 3 is 1.08 bits per heavy atom. The molecule has 7 rings (SSSR count). The highest BCUT2D eigenvalue weighted by Crippen LogP contribution is 2.50. The molecule has 2 aliphatic rings. The molecule has 3 N–H and O–H groups in total. The maximum atomic E-state index is 14.1. The number of rotatable bonds is 8. The molecule has 5 aromatic carbocycles. The van der Waals surface area contributed by atoms with E-state index in [2.05, 4.69) is 0 Å². The summed E-state index contributed by atoms with van der Waals surface area (Å²) >= 11 is 0. The van der Waals surface area contributed by atoms with Crippen molar-refractivity contribution in [3.8, 4) is 5.75 Å². The van der Waals surface area contributed by atoms with Crippen LogP contribution in [0.25, 0.3) is 0 Å². The molecule has 258 valence electrons. The number of phenolic OH excluding ortho intramolecular Hbond substituents is 1. The predicted octanol–water partition coefficient (Wildman–Crippen LogP) is 8.07. The topological polar surface area (TPSA) is 67.2 Å². The minimum Gasteiger partial charge on any atom is -0.504 e. The monoisotopic (exact) mass is 682 g/mol. The maximum absolute atomic E-state index is 14.1. The van der Waals surface area contributed by atoms with Gasteiger partial charge >= 0.3 is 0 Å². The van der Waals surface area contributed by atoms with Crippen LogP contribution in [-0.4, -0.2) is 40.5 Å². The summed E-state index contributed by atoms with van der Waals surface area (Å²) in [7, 11) is 0. The number of phenols is 1. The lowest BCUT2D eigenvalue weighted by atomic mass is 9.78. The molecule has 2 fully saturated rings. The molecule has 0 amide bonds. The molecule has 2 heterocycles. The fraction of sp³-hybridized carbons (Fsp3) is 0.268. The molecule has 9 heteroatoms. The van der Waals surface area contributed by atoms with Gasteiger partial charge in [0.1, 0.15) is 34.5 Å². The first-order valence-corrected chi connectivity index (χ1v) is 16.9. The van der Waals surface area contributed by atoms with Crippen molar-refractivity contribution in [3.63, 3.8) is 0 Å². The van der Waals surface area contributed by atoms with E-state index >= 15 is 0 Å². The highest BCUT2D eigenvalue weighted by atomic mass is 19.1. The smallest absolute Gasteiger partial charge is 0.162 e. The van der Waals surface area contributed by atoms with Gasteiger partial charge < -0.3 is 25.1 Å². The third-order valence-corrected chi connectivity index (χ3v) is 10.4. The summed E-state index contributed by atoms with van der Waals surface area (Å²) in [5.41, 5.74) is 0.0902. The average molecular weight is 683 g/mol. The minimum atomic E-state index is -1.70. The SMILES string of the molecule is Cc1cc(N2CCC[C@H]2C(O)(c2ccc(F)cc2)c2ccc(F)cc2)c(O)c(N2CCC[C@H]2C(O)(c2ccc(F)cc2)c2ccc(F)cc2)c1. The summed E-state index contributed by atoms with van der Waals surface area (Å²) in [6.45, 7) is 2.88. The van der Waals surface area contributed by atoms with Crippen molar-refractivity contribution in [3.05, 3.63) is 160 Å². The molecule has 2 atom stereocenters. The van der Waals surface area contributed by atoms with Crippen LogP contribution in [-0.2, 0) is 11.2 Å². The Balaban J connectivity index is 1.33. The third-order valence-electron chi connectivity index (χ3n) is 10.4. The van der Waals surface area contributed by atoms with Crippen LogP contribution in [0.15, 0.2) is 109 Å². The molecule has 0 aromatic heterocycles. The zero-order chi connectivity index (χ0) is 35.2. The molecule has 5 nitrogen and oxygen atoms in total. The molecule has 0 spiro atoms. The van der Waals surface area contributed by atoms with Gasteiger partial charge in [-0.3, -0.25) is 0 Å². The molecule has 0 radical (unpaired) electrons. The van der Waals surface area contributed by atoms with Gasteiger partial charge in [0.15, 0.2) is 5.75 Å². The van der Waals surface area contributed by atoms with E-state index in [1.165, 1.54) is 97.1 Å². The standard InChI is InChI=1S/C41H38F4N2O3/c1-26-24-35(46-22-2-4-37(46)40(49,27-6-14-31(42)15-7-27)28-8-16-32(43)17-9-28)39(48)36(25-26)47-23-3-5-38(47)41(50,29-10-18-33(44)19-11-29)30-12-20-34(45)21-13-30/h6-21,24-25,37-38,48-50H,2-5,22-23H2,1H3/t37-,38-/m0/s1. The van der Waals surface area contributed by atoms with Gasteiger partial charge in [0, 0.05) is 13.1 Å². The highest BCUT2D eigenvalue weighted by molar-refractivity contribution is 5.76. The molecule has 0 bridgehead atoms. The number of aromatic hydroxyl groups is 1. The molecule has 0 aliphatic carbocycles. The lowest BCUT2D eigenvalue weighted by Crippen LogP contribution is -2.49. The van der Waals surface area contributed by atoms with Crippen LogP contribution in [0, 0.1) is 30.2 Å². The van der Waals surface area contributed by atoms with Crippen LogP contribution in [0.5, 0.6) is 5.75 Å². The summed E-state index contributed by atoms with van der Waals surface area (Å²) in [4.78, 5) is 3.91. The lowest BCUT2D eigenvalue weighted by Gasteiger charge is -2.43. The van der Waals surface area contributed by atoms with Crippen molar-refractivity contribution >= 4 is 11.4 Å². The van der Waals surface area contributed by atoms with Crippen molar-refractivity contribution in [2.45, 2.75) is 55.9 Å². The van der Waals surface area contributed by atoms with Crippen LogP contribution in [0.4, 0.5) is 28.9 Å². The van der Waals surface area contributed by atoms with Gasteiger partial charge in [-0.25, -0.2) is 17.6 Å². The number of halogens is 4. The van der Waals surface area contributed by atoms with Gasteiger partial charge in [-0.1, -0.05) is 48.5 Å². The molecular weight excluding hydrogens is 644 g/mol. The van der Waals surface area contributed by atoms with Gasteiger partial charge in [-0.15, -0.1) is 0 Å². The Hall–Kier alpha value is -4.86. The fourth-order valence-electron chi connectivity index (χ4n) is 8.08. The number of aryl methyl sites for hydroxylation is 1. The van der Waals surface area contributed by atoms with Gasteiger partial charge in [-0.05, 0) is 121 Å². The summed E-state index contributed by atoms with van der Waals surface area (Å²) in [5.74, 6) is -1.88. The molecular formula is C41H38F4N2O3. The van der Waals surface area contributed by atoms with Gasteiger partial charge in [0.05, 0.1) is 23.5 Å². The number of hydrogen-bond donors (Lipinski definition) is 3. The van der Waals surface area contributed by atoms with Crippen molar-refractivity contribution in [2.75, 3.05) is 22.9 Å². The van der Waals surface area contributed by atoms with Crippen LogP contribution >= 0.6 is 0 Å². The minimum absolute atomic E-state index is 0.0458. The predicted molar refractivity (Wildman–Crippen MR) is 185 cm³/mol. The fourth-order valence-corrected chi connectivity index (χ4v) is 8.08. The Bertz CT molecular complexity index is 1740. The second-order valence-corrected chi connectivity index (χ2v) is 13.4. The number of anilines is 2. The van der Waals surface area contributed by atoms with Crippen molar-refractivity contribution in [2.24, 2.45) is 0 Å². The van der Waals surface area contributed by atoms with E-state index in [0.29, 0.717) is 72.4 Å². The number of hydrogen-bond acceptors (Lipinski definition) is 5. The highest BCUT2D eigenvalue weighted by Gasteiger charge is 2.49. The molecule has 0 unspecified atom stereocenters. The van der Waals surface area contributed by atoms with E-state index in [0.717, 1.165) is 5.56 Å². The Kier molecular flexibility index (Phi) is 8.82. The van der Waals surface area contributed by atoms with Gasteiger partial charge in [0.2, 0.25) is 0 Å². The molecule has 0 saturated carbocycles. The van der Waals surface area contributed by atoms with E-state index in [-0.39, 0.29) is 5.75 Å². The number of nitrogens with zero attached hydrogens (tertiary/aromatic N) is 2. The maximum Gasteiger partial charge on any atom is 0.162 e. The van der Waals surface area contributed by atoms with E-state index in [9.17, 15) is 32.9 Å². The van der Waals surface area contributed by atoms with Crippen LogP contribution in [0.3, 0.4) is 0 Å². The Morgan fingerprint density at radius 2 is 0.800 bits per heavy atom. The van der Waals surface area contributed by atoms with Crippen molar-refractivity contribution < 1.29 is 32.9 Å². The normalized spacial score (nSPS) is 18.2. The van der Waals surface area contributed by atoms with Crippen LogP contribution < -0.4 is 9.80 Å². The third kappa shape index (κ3) is 5.78. The second kappa shape index (κ2) is 13.1. The Morgan fingerprint density at radius 1 is 0.520 bits per heavy atom. The summed E-state index contributed by atoms with van der Waals surface area (Å²) in [5, 5.41) is 37.6. The Labute approximate surface area is 288 Å². The molecule has 2 aliphatic heterocycles. The van der Waals surface area contributed by atoms with Gasteiger partial charge in [-0.2, -0.15) is 0 Å². The van der Waals surface area contributed by atoms with E-state index in [4.69, 9.17) is 0 Å².